The minimum atomic E-state index is -0.257. The molecule has 2 rings (SSSR count). The lowest BCUT2D eigenvalue weighted by molar-refractivity contribution is 0.473. The standard InChI is InChI=1S/C16H17BrFNO/c1-10-8-13(18)5-7-15(10)20-16-6-4-12(9-14(16)17)11(2)19-3/h4-9,11,19H,1-3H3. The molecule has 0 bridgehead atoms. The van der Waals surface area contributed by atoms with Crippen molar-refractivity contribution in [2.75, 3.05) is 7.05 Å². The number of halogens is 2. The van der Waals surface area contributed by atoms with Crippen molar-refractivity contribution in [3.05, 3.63) is 57.8 Å². The summed E-state index contributed by atoms with van der Waals surface area (Å²) in [4.78, 5) is 0. The van der Waals surface area contributed by atoms with Crippen LogP contribution >= 0.6 is 15.9 Å². The third kappa shape index (κ3) is 3.38. The van der Waals surface area contributed by atoms with Gasteiger partial charge in [-0.25, -0.2) is 4.39 Å². The fourth-order valence-corrected chi connectivity index (χ4v) is 2.36. The molecule has 2 aromatic carbocycles. The highest BCUT2D eigenvalue weighted by atomic mass is 79.9. The second-order valence-electron chi connectivity index (χ2n) is 4.71. The van der Waals surface area contributed by atoms with E-state index in [9.17, 15) is 4.39 Å². The Morgan fingerprint density at radius 1 is 1.15 bits per heavy atom. The molecule has 106 valence electrons. The zero-order valence-electron chi connectivity index (χ0n) is 11.7. The summed E-state index contributed by atoms with van der Waals surface area (Å²) in [7, 11) is 1.92. The Hall–Kier alpha value is -1.39. The summed E-state index contributed by atoms with van der Waals surface area (Å²) in [6.07, 6.45) is 0. The van der Waals surface area contributed by atoms with Crippen LogP contribution in [0.2, 0.25) is 0 Å². The Kier molecular flexibility index (Phi) is 4.78. The monoisotopic (exact) mass is 337 g/mol. The van der Waals surface area contributed by atoms with Crippen LogP contribution in [0.25, 0.3) is 0 Å². The van der Waals surface area contributed by atoms with Crippen molar-refractivity contribution in [3.63, 3.8) is 0 Å². The lowest BCUT2D eigenvalue weighted by Crippen LogP contribution is -2.12. The van der Waals surface area contributed by atoms with Crippen molar-refractivity contribution in [3.8, 4) is 11.5 Å². The molecule has 20 heavy (non-hydrogen) atoms. The van der Waals surface area contributed by atoms with E-state index in [2.05, 4.69) is 28.2 Å². The van der Waals surface area contributed by atoms with Crippen LogP contribution in [0.1, 0.15) is 24.1 Å². The van der Waals surface area contributed by atoms with Crippen molar-refractivity contribution in [1.29, 1.82) is 0 Å². The molecule has 0 radical (unpaired) electrons. The molecule has 0 heterocycles. The van der Waals surface area contributed by atoms with Crippen LogP contribution in [0, 0.1) is 12.7 Å². The predicted molar refractivity (Wildman–Crippen MR) is 82.8 cm³/mol. The highest BCUT2D eigenvalue weighted by Crippen LogP contribution is 2.33. The summed E-state index contributed by atoms with van der Waals surface area (Å²) in [5.41, 5.74) is 1.94. The summed E-state index contributed by atoms with van der Waals surface area (Å²) >= 11 is 3.51. The number of ether oxygens (including phenoxy) is 1. The largest absolute Gasteiger partial charge is 0.456 e. The summed E-state index contributed by atoms with van der Waals surface area (Å²) in [6.45, 7) is 3.91. The number of rotatable bonds is 4. The lowest BCUT2D eigenvalue weighted by atomic mass is 10.1. The minimum Gasteiger partial charge on any atom is -0.456 e. The quantitative estimate of drug-likeness (QED) is 0.850. The molecule has 1 unspecified atom stereocenters. The molecule has 0 aliphatic heterocycles. The molecule has 0 saturated carbocycles. The second-order valence-corrected chi connectivity index (χ2v) is 5.57. The molecule has 2 nitrogen and oxygen atoms in total. The topological polar surface area (TPSA) is 21.3 Å². The summed E-state index contributed by atoms with van der Waals surface area (Å²) in [5, 5.41) is 3.19. The van der Waals surface area contributed by atoms with E-state index in [-0.39, 0.29) is 11.9 Å². The highest BCUT2D eigenvalue weighted by Gasteiger charge is 2.09. The highest BCUT2D eigenvalue weighted by molar-refractivity contribution is 9.10. The Bertz CT molecular complexity index is 615. The molecule has 0 amide bonds. The maximum absolute atomic E-state index is 13.1. The van der Waals surface area contributed by atoms with Crippen molar-refractivity contribution in [1.82, 2.24) is 5.32 Å². The number of benzene rings is 2. The van der Waals surface area contributed by atoms with Crippen LogP contribution in [-0.2, 0) is 0 Å². The van der Waals surface area contributed by atoms with E-state index in [4.69, 9.17) is 4.74 Å². The van der Waals surface area contributed by atoms with Gasteiger partial charge in [0.25, 0.3) is 0 Å². The SMILES string of the molecule is CNC(C)c1ccc(Oc2ccc(F)cc2C)c(Br)c1. The number of aryl methyl sites for hydroxylation is 1. The molecular weight excluding hydrogens is 321 g/mol. The van der Waals surface area contributed by atoms with Crippen molar-refractivity contribution in [2.45, 2.75) is 19.9 Å². The van der Waals surface area contributed by atoms with Gasteiger partial charge in [-0.15, -0.1) is 0 Å². The van der Waals surface area contributed by atoms with Gasteiger partial charge in [0.2, 0.25) is 0 Å². The first-order valence-corrected chi connectivity index (χ1v) is 7.21. The first-order chi connectivity index (χ1) is 9.51. The second kappa shape index (κ2) is 6.37. The molecule has 0 aliphatic carbocycles. The van der Waals surface area contributed by atoms with E-state index in [1.54, 1.807) is 6.07 Å². The van der Waals surface area contributed by atoms with Crippen LogP contribution in [-0.4, -0.2) is 7.05 Å². The summed E-state index contributed by atoms with van der Waals surface area (Å²) < 4.78 is 19.8. The molecule has 0 fully saturated rings. The van der Waals surface area contributed by atoms with Crippen LogP contribution in [0.3, 0.4) is 0 Å². The van der Waals surface area contributed by atoms with E-state index >= 15 is 0 Å². The maximum Gasteiger partial charge on any atom is 0.141 e. The molecule has 0 saturated heterocycles. The summed E-state index contributed by atoms with van der Waals surface area (Å²) in [5.74, 6) is 1.11. The van der Waals surface area contributed by atoms with Crippen LogP contribution in [0.4, 0.5) is 4.39 Å². The van der Waals surface area contributed by atoms with E-state index in [0.29, 0.717) is 11.5 Å². The van der Waals surface area contributed by atoms with Crippen molar-refractivity contribution >= 4 is 15.9 Å². The Balaban J connectivity index is 2.25. The minimum absolute atomic E-state index is 0.257. The van der Waals surface area contributed by atoms with Gasteiger partial charge in [0, 0.05) is 6.04 Å². The third-order valence-electron chi connectivity index (χ3n) is 3.25. The average Bonchev–Trinajstić information content (AvgIpc) is 2.42. The van der Waals surface area contributed by atoms with Crippen LogP contribution in [0.15, 0.2) is 40.9 Å². The van der Waals surface area contributed by atoms with Crippen LogP contribution < -0.4 is 10.1 Å². The Morgan fingerprint density at radius 2 is 1.85 bits per heavy atom. The van der Waals surface area contributed by atoms with Gasteiger partial charge in [-0.05, 0) is 78.3 Å². The van der Waals surface area contributed by atoms with Crippen LogP contribution in [0.5, 0.6) is 11.5 Å². The van der Waals surface area contributed by atoms with E-state index in [1.807, 2.05) is 32.2 Å². The average molecular weight is 338 g/mol. The molecule has 2 aromatic rings. The van der Waals surface area contributed by atoms with Gasteiger partial charge in [0.15, 0.2) is 0 Å². The van der Waals surface area contributed by atoms with E-state index < -0.39 is 0 Å². The molecule has 1 atom stereocenters. The fraction of sp³-hybridized carbons (Fsp3) is 0.250. The normalized spacial score (nSPS) is 12.2. The smallest absolute Gasteiger partial charge is 0.141 e. The Labute approximate surface area is 127 Å². The number of hydrogen-bond donors (Lipinski definition) is 1. The zero-order chi connectivity index (χ0) is 14.7. The first-order valence-electron chi connectivity index (χ1n) is 6.42. The van der Waals surface area contributed by atoms with Crippen molar-refractivity contribution in [2.24, 2.45) is 0 Å². The van der Waals surface area contributed by atoms with Gasteiger partial charge in [-0.3, -0.25) is 0 Å². The van der Waals surface area contributed by atoms with Crippen molar-refractivity contribution < 1.29 is 9.13 Å². The predicted octanol–water partition coefficient (Wildman–Crippen LogP) is 4.97. The molecule has 0 spiro atoms. The third-order valence-corrected chi connectivity index (χ3v) is 3.87. The van der Waals surface area contributed by atoms with E-state index in [0.717, 1.165) is 10.0 Å². The number of nitrogens with one attached hydrogen (secondary N) is 1. The van der Waals surface area contributed by atoms with E-state index in [1.165, 1.54) is 17.7 Å². The zero-order valence-corrected chi connectivity index (χ0v) is 13.3. The maximum atomic E-state index is 13.1. The van der Waals surface area contributed by atoms with Gasteiger partial charge >= 0.3 is 0 Å². The number of hydrogen-bond acceptors (Lipinski definition) is 2. The summed E-state index contributed by atoms with van der Waals surface area (Å²) in [6, 6.07) is 10.7. The van der Waals surface area contributed by atoms with Gasteiger partial charge in [0.05, 0.1) is 4.47 Å². The molecule has 0 aliphatic rings. The van der Waals surface area contributed by atoms with Gasteiger partial charge in [-0.2, -0.15) is 0 Å². The molecule has 0 aromatic heterocycles. The van der Waals surface area contributed by atoms with Gasteiger partial charge in [0.1, 0.15) is 17.3 Å². The lowest BCUT2D eigenvalue weighted by Gasteiger charge is -2.14. The molecule has 4 heteroatoms. The van der Waals surface area contributed by atoms with Gasteiger partial charge < -0.3 is 10.1 Å². The Morgan fingerprint density at radius 3 is 2.45 bits per heavy atom. The molecule has 1 N–H and O–H groups in total. The fourth-order valence-electron chi connectivity index (χ4n) is 1.88. The molecular formula is C16H17BrFNO. The van der Waals surface area contributed by atoms with Gasteiger partial charge in [-0.1, -0.05) is 6.07 Å². The first kappa shape index (κ1) is 15.0.